The van der Waals surface area contributed by atoms with E-state index >= 15 is 0 Å². The van der Waals surface area contributed by atoms with Gasteiger partial charge in [-0.1, -0.05) is 58.4 Å². The lowest BCUT2D eigenvalue weighted by molar-refractivity contribution is 0.274. The maximum atomic E-state index is 3.52. The van der Waals surface area contributed by atoms with Crippen LogP contribution in [0.3, 0.4) is 0 Å². The van der Waals surface area contributed by atoms with Gasteiger partial charge in [-0.3, -0.25) is 4.90 Å². The van der Waals surface area contributed by atoms with E-state index < -0.39 is 0 Å². The van der Waals surface area contributed by atoms with Crippen LogP contribution in [-0.4, -0.2) is 24.0 Å². The van der Waals surface area contributed by atoms with Crippen LogP contribution in [-0.2, 0) is 13.1 Å². The Hall–Kier alpha value is -0.860. The van der Waals surface area contributed by atoms with Crippen LogP contribution in [0.2, 0.25) is 0 Å². The van der Waals surface area contributed by atoms with E-state index in [9.17, 15) is 0 Å². The van der Waals surface area contributed by atoms with Crippen molar-refractivity contribution in [3.63, 3.8) is 0 Å². The van der Waals surface area contributed by atoms with E-state index in [1.165, 1.54) is 30.5 Å². The van der Waals surface area contributed by atoms with Crippen LogP contribution in [0.25, 0.3) is 0 Å². The quantitative estimate of drug-likeness (QED) is 0.728. The predicted octanol–water partition coefficient (Wildman–Crippen LogP) is 3.81. The van der Waals surface area contributed by atoms with Gasteiger partial charge in [-0.2, -0.15) is 0 Å². The lowest BCUT2D eigenvalue weighted by atomic mass is 10.1. The molecule has 1 N–H and O–H groups in total. The molecule has 0 aliphatic heterocycles. The van der Waals surface area contributed by atoms with Gasteiger partial charge in [0.25, 0.3) is 0 Å². The second kappa shape index (κ2) is 9.11. The number of rotatable bonds is 9. The fourth-order valence-electron chi connectivity index (χ4n) is 2.17. The first-order valence-electron chi connectivity index (χ1n) is 7.69. The molecule has 0 fully saturated rings. The van der Waals surface area contributed by atoms with Crippen molar-refractivity contribution < 1.29 is 0 Å². The zero-order valence-electron chi connectivity index (χ0n) is 13.1. The molecule has 0 aromatic heterocycles. The van der Waals surface area contributed by atoms with Crippen LogP contribution < -0.4 is 5.32 Å². The van der Waals surface area contributed by atoms with Gasteiger partial charge in [0.05, 0.1) is 0 Å². The summed E-state index contributed by atoms with van der Waals surface area (Å²) in [5.74, 6) is 0. The minimum absolute atomic E-state index is 0.537. The number of nitrogens with one attached hydrogen (secondary N) is 1. The molecule has 0 spiro atoms. The molecule has 2 heteroatoms. The molecule has 0 unspecified atom stereocenters. The Bertz CT molecular complexity index is 347. The van der Waals surface area contributed by atoms with Crippen LogP contribution in [0.15, 0.2) is 24.3 Å². The van der Waals surface area contributed by atoms with Crippen molar-refractivity contribution >= 4 is 0 Å². The van der Waals surface area contributed by atoms with E-state index in [0.29, 0.717) is 6.04 Å². The fraction of sp³-hybridized carbons (Fsp3) is 0.647. The van der Waals surface area contributed by atoms with Gasteiger partial charge in [0, 0.05) is 19.1 Å². The molecule has 0 saturated carbocycles. The second-order valence-corrected chi connectivity index (χ2v) is 5.53. The number of hydrogen-bond acceptors (Lipinski definition) is 2. The third-order valence-corrected chi connectivity index (χ3v) is 3.49. The average molecular weight is 262 g/mol. The molecule has 1 aromatic carbocycles. The molecule has 2 nitrogen and oxygen atoms in total. The number of nitrogens with zero attached hydrogens (tertiary/aromatic N) is 1. The minimum Gasteiger partial charge on any atom is -0.310 e. The third kappa shape index (κ3) is 6.22. The molecule has 0 heterocycles. The summed E-state index contributed by atoms with van der Waals surface area (Å²) in [6, 6.07) is 9.35. The van der Waals surface area contributed by atoms with Crippen LogP contribution in [0, 0.1) is 0 Å². The zero-order valence-corrected chi connectivity index (χ0v) is 13.1. The van der Waals surface area contributed by atoms with E-state index in [0.717, 1.165) is 19.6 Å². The Labute approximate surface area is 119 Å². The largest absolute Gasteiger partial charge is 0.310 e. The minimum atomic E-state index is 0.537. The van der Waals surface area contributed by atoms with Crippen LogP contribution >= 0.6 is 0 Å². The fourth-order valence-corrected chi connectivity index (χ4v) is 2.17. The van der Waals surface area contributed by atoms with Gasteiger partial charge in [-0.15, -0.1) is 0 Å². The summed E-state index contributed by atoms with van der Waals surface area (Å²) in [7, 11) is 0. The predicted molar refractivity (Wildman–Crippen MR) is 84.3 cm³/mol. The van der Waals surface area contributed by atoms with E-state index in [1.807, 2.05) is 0 Å². The second-order valence-electron chi connectivity index (χ2n) is 5.53. The molecule has 0 saturated heterocycles. The van der Waals surface area contributed by atoms with E-state index in [2.05, 4.69) is 62.2 Å². The van der Waals surface area contributed by atoms with Gasteiger partial charge in [0.2, 0.25) is 0 Å². The lowest BCUT2D eigenvalue weighted by Crippen LogP contribution is -2.26. The Kier molecular flexibility index (Phi) is 7.76. The first-order valence-corrected chi connectivity index (χ1v) is 7.69. The normalized spacial score (nSPS) is 11.5. The molecule has 0 atom stereocenters. The van der Waals surface area contributed by atoms with Crippen molar-refractivity contribution in [2.24, 2.45) is 0 Å². The van der Waals surface area contributed by atoms with E-state index in [-0.39, 0.29) is 0 Å². The topological polar surface area (TPSA) is 15.3 Å². The Morgan fingerprint density at radius 2 is 1.79 bits per heavy atom. The van der Waals surface area contributed by atoms with Crippen LogP contribution in [0.4, 0.5) is 0 Å². The van der Waals surface area contributed by atoms with Crippen molar-refractivity contribution in [2.45, 2.75) is 59.7 Å². The number of hydrogen-bond donors (Lipinski definition) is 1. The highest BCUT2D eigenvalue weighted by Gasteiger charge is 2.07. The van der Waals surface area contributed by atoms with Crippen LogP contribution in [0.5, 0.6) is 0 Å². The van der Waals surface area contributed by atoms with Gasteiger partial charge in [0.15, 0.2) is 0 Å². The number of unbranched alkanes of at least 4 members (excludes halogenated alkanes) is 1. The van der Waals surface area contributed by atoms with Crippen molar-refractivity contribution in [1.29, 1.82) is 0 Å². The molecule has 0 aliphatic rings. The molecular weight excluding hydrogens is 232 g/mol. The molecule has 0 bridgehead atoms. The SMILES string of the molecule is CCCCN(CC)Cc1ccccc1CNC(C)C. The molecule has 1 aromatic rings. The Balaban J connectivity index is 2.64. The molecule has 0 amide bonds. The van der Waals surface area contributed by atoms with Gasteiger partial charge >= 0.3 is 0 Å². The summed E-state index contributed by atoms with van der Waals surface area (Å²) in [6.45, 7) is 13.3. The highest BCUT2D eigenvalue weighted by Crippen LogP contribution is 2.12. The maximum Gasteiger partial charge on any atom is 0.0236 e. The summed E-state index contributed by atoms with van der Waals surface area (Å²) in [5, 5.41) is 3.52. The van der Waals surface area contributed by atoms with E-state index in [1.54, 1.807) is 0 Å². The number of benzene rings is 1. The third-order valence-electron chi connectivity index (χ3n) is 3.49. The maximum absolute atomic E-state index is 3.52. The first kappa shape index (κ1) is 16.2. The highest BCUT2D eigenvalue weighted by molar-refractivity contribution is 5.27. The smallest absolute Gasteiger partial charge is 0.0236 e. The van der Waals surface area contributed by atoms with Crippen molar-refractivity contribution in [1.82, 2.24) is 10.2 Å². The molecule has 19 heavy (non-hydrogen) atoms. The first-order chi connectivity index (χ1) is 9.17. The summed E-state index contributed by atoms with van der Waals surface area (Å²) in [4.78, 5) is 2.54. The van der Waals surface area contributed by atoms with Crippen molar-refractivity contribution in [3.8, 4) is 0 Å². The molecular formula is C17H30N2. The monoisotopic (exact) mass is 262 g/mol. The standard InChI is InChI=1S/C17H30N2/c1-5-7-12-19(6-2)14-17-11-9-8-10-16(17)13-18-15(3)4/h8-11,15,18H,5-7,12-14H2,1-4H3. The summed E-state index contributed by atoms with van der Waals surface area (Å²) in [5.41, 5.74) is 2.90. The van der Waals surface area contributed by atoms with Crippen LogP contribution in [0.1, 0.15) is 51.7 Å². The summed E-state index contributed by atoms with van der Waals surface area (Å²) in [6.07, 6.45) is 2.56. The van der Waals surface area contributed by atoms with Crippen molar-refractivity contribution in [2.75, 3.05) is 13.1 Å². The average Bonchev–Trinajstić information content (AvgIpc) is 2.42. The molecule has 0 radical (unpaired) electrons. The lowest BCUT2D eigenvalue weighted by Gasteiger charge is -2.22. The zero-order chi connectivity index (χ0) is 14.1. The van der Waals surface area contributed by atoms with Gasteiger partial charge in [-0.25, -0.2) is 0 Å². The molecule has 0 aliphatic carbocycles. The van der Waals surface area contributed by atoms with Crippen molar-refractivity contribution in [3.05, 3.63) is 35.4 Å². The summed E-state index contributed by atoms with van der Waals surface area (Å²) < 4.78 is 0. The summed E-state index contributed by atoms with van der Waals surface area (Å²) >= 11 is 0. The van der Waals surface area contributed by atoms with Gasteiger partial charge in [0.1, 0.15) is 0 Å². The molecule has 108 valence electrons. The highest BCUT2D eigenvalue weighted by atomic mass is 15.1. The Morgan fingerprint density at radius 3 is 2.37 bits per heavy atom. The Morgan fingerprint density at radius 1 is 1.11 bits per heavy atom. The van der Waals surface area contributed by atoms with Gasteiger partial charge in [-0.05, 0) is 30.6 Å². The molecule has 1 rings (SSSR count). The van der Waals surface area contributed by atoms with E-state index in [4.69, 9.17) is 0 Å². The van der Waals surface area contributed by atoms with Gasteiger partial charge < -0.3 is 5.32 Å².